The van der Waals surface area contributed by atoms with Gasteiger partial charge in [-0.3, -0.25) is 4.79 Å². The lowest BCUT2D eigenvalue weighted by atomic mass is 10.2. The Balaban J connectivity index is 1.52. The second kappa shape index (κ2) is 8.72. The van der Waals surface area contributed by atoms with E-state index < -0.39 is 28.5 Å². The van der Waals surface area contributed by atoms with Gasteiger partial charge in [0.15, 0.2) is 6.61 Å². The quantitative estimate of drug-likeness (QED) is 0.635. The first-order valence-electron chi connectivity index (χ1n) is 8.64. The van der Waals surface area contributed by atoms with Crippen LogP contribution in [0.5, 0.6) is 0 Å². The highest BCUT2D eigenvalue weighted by molar-refractivity contribution is 7.89. The van der Waals surface area contributed by atoms with E-state index >= 15 is 0 Å². The number of benzene rings is 2. The zero-order chi connectivity index (χ0) is 20.1. The predicted octanol–water partition coefficient (Wildman–Crippen LogP) is 2.25. The van der Waals surface area contributed by atoms with Crippen molar-refractivity contribution in [1.29, 1.82) is 0 Å². The van der Waals surface area contributed by atoms with E-state index in [1.807, 2.05) is 0 Å². The Labute approximate surface area is 168 Å². The molecule has 0 radical (unpaired) electrons. The molecule has 2 aromatic carbocycles. The number of hydrogen-bond acceptors (Lipinski definition) is 5. The molecule has 7 nitrogen and oxygen atoms in total. The van der Waals surface area contributed by atoms with Crippen LogP contribution in [-0.4, -0.2) is 32.9 Å². The predicted molar refractivity (Wildman–Crippen MR) is 103 cm³/mol. The van der Waals surface area contributed by atoms with Crippen molar-refractivity contribution in [3.63, 3.8) is 0 Å². The number of sulfonamides is 1. The van der Waals surface area contributed by atoms with Gasteiger partial charge >= 0.3 is 5.97 Å². The number of carbonyl (C=O) groups excluding carboxylic acids is 2. The summed E-state index contributed by atoms with van der Waals surface area (Å²) in [6.07, 6.45) is 1.62. The fourth-order valence-electron chi connectivity index (χ4n) is 2.35. The van der Waals surface area contributed by atoms with Gasteiger partial charge in [0.2, 0.25) is 10.0 Å². The van der Waals surface area contributed by atoms with E-state index in [2.05, 4.69) is 10.0 Å². The van der Waals surface area contributed by atoms with Crippen LogP contribution in [0.25, 0.3) is 0 Å². The lowest BCUT2D eigenvalue weighted by molar-refractivity contribution is -0.124. The largest absolute Gasteiger partial charge is 0.452 e. The van der Waals surface area contributed by atoms with Gasteiger partial charge in [0.25, 0.3) is 5.91 Å². The molecule has 9 heteroatoms. The number of hydrogen-bond donors (Lipinski definition) is 2. The molecule has 148 valence electrons. The molecule has 3 rings (SSSR count). The summed E-state index contributed by atoms with van der Waals surface area (Å²) in [4.78, 5) is 24.0. The first kappa shape index (κ1) is 20.3. The van der Waals surface area contributed by atoms with Crippen molar-refractivity contribution in [1.82, 2.24) is 10.0 Å². The first-order valence-corrected chi connectivity index (χ1v) is 10.5. The Bertz CT molecular complexity index is 972. The SMILES string of the molecule is O=C(COC(=O)c1cccc(S(=O)(=O)NC2CC2)c1)NCc1ccc(Cl)cc1. The van der Waals surface area contributed by atoms with E-state index in [1.165, 1.54) is 24.3 Å². The van der Waals surface area contributed by atoms with Crippen LogP contribution in [0.2, 0.25) is 5.02 Å². The summed E-state index contributed by atoms with van der Waals surface area (Å²) in [5.41, 5.74) is 0.911. The maximum absolute atomic E-state index is 12.2. The number of ether oxygens (including phenoxy) is 1. The third-order valence-electron chi connectivity index (χ3n) is 4.02. The highest BCUT2D eigenvalue weighted by Crippen LogP contribution is 2.22. The average molecular weight is 423 g/mol. The molecule has 2 N–H and O–H groups in total. The zero-order valence-electron chi connectivity index (χ0n) is 14.9. The minimum Gasteiger partial charge on any atom is -0.452 e. The molecule has 0 heterocycles. The highest BCUT2D eigenvalue weighted by atomic mass is 35.5. The fraction of sp³-hybridized carbons (Fsp3) is 0.263. The molecule has 1 amide bonds. The summed E-state index contributed by atoms with van der Waals surface area (Å²) in [7, 11) is -3.67. The van der Waals surface area contributed by atoms with E-state index in [-0.39, 0.29) is 23.0 Å². The molecule has 0 atom stereocenters. The van der Waals surface area contributed by atoms with E-state index in [4.69, 9.17) is 16.3 Å². The second-order valence-corrected chi connectivity index (χ2v) is 8.55. The molecule has 1 aliphatic rings. The third kappa shape index (κ3) is 5.79. The molecule has 0 saturated heterocycles. The minimum atomic E-state index is -3.67. The summed E-state index contributed by atoms with van der Waals surface area (Å²) >= 11 is 5.80. The van der Waals surface area contributed by atoms with Crippen LogP contribution in [0.15, 0.2) is 53.4 Å². The maximum atomic E-state index is 12.2. The lowest BCUT2D eigenvalue weighted by Crippen LogP contribution is -2.28. The molecule has 1 saturated carbocycles. The molecule has 0 aromatic heterocycles. The number of carbonyl (C=O) groups is 2. The third-order valence-corrected chi connectivity index (χ3v) is 5.79. The van der Waals surface area contributed by atoms with Crippen LogP contribution in [0.4, 0.5) is 0 Å². The van der Waals surface area contributed by atoms with Crippen molar-refractivity contribution in [2.24, 2.45) is 0 Å². The topological polar surface area (TPSA) is 102 Å². The molecular formula is C19H19ClN2O5S. The van der Waals surface area contributed by atoms with Gasteiger partial charge in [-0.2, -0.15) is 0 Å². The van der Waals surface area contributed by atoms with Crippen molar-refractivity contribution in [2.75, 3.05) is 6.61 Å². The number of amides is 1. The van der Waals surface area contributed by atoms with Crippen LogP contribution in [0.1, 0.15) is 28.8 Å². The van der Waals surface area contributed by atoms with Gasteiger partial charge < -0.3 is 10.1 Å². The molecule has 1 aliphatic carbocycles. The van der Waals surface area contributed by atoms with Crippen LogP contribution in [0, 0.1) is 0 Å². The first-order chi connectivity index (χ1) is 13.3. The van der Waals surface area contributed by atoms with Crippen molar-refractivity contribution >= 4 is 33.5 Å². The normalized spacial score (nSPS) is 13.8. The Kier molecular flexibility index (Phi) is 6.33. The Morgan fingerprint density at radius 1 is 1.11 bits per heavy atom. The molecular weight excluding hydrogens is 404 g/mol. The van der Waals surface area contributed by atoms with Crippen LogP contribution >= 0.6 is 11.6 Å². The van der Waals surface area contributed by atoms with Crippen molar-refractivity contribution < 1.29 is 22.7 Å². The summed E-state index contributed by atoms with van der Waals surface area (Å²) in [5, 5.41) is 3.22. The monoisotopic (exact) mass is 422 g/mol. The Morgan fingerprint density at radius 2 is 1.82 bits per heavy atom. The van der Waals surface area contributed by atoms with Crippen molar-refractivity contribution in [2.45, 2.75) is 30.3 Å². The molecule has 0 bridgehead atoms. The standard InChI is InChI=1S/C19H19ClN2O5S/c20-15-6-4-13(5-7-15)11-21-18(23)12-27-19(24)14-2-1-3-17(10-14)28(25,26)22-16-8-9-16/h1-7,10,16,22H,8-9,11-12H2,(H,21,23). The fourth-order valence-corrected chi connectivity index (χ4v) is 3.82. The van der Waals surface area contributed by atoms with Crippen LogP contribution < -0.4 is 10.0 Å². The summed E-state index contributed by atoms with van der Waals surface area (Å²) in [6.45, 7) is -0.197. The number of halogens is 1. The molecule has 0 unspecified atom stereocenters. The number of nitrogens with one attached hydrogen (secondary N) is 2. The summed E-state index contributed by atoms with van der Waals surface area (Å²) in [5.74, 6) is -1.24. The number of esters is 1. The summed E-state index contributed by atoms with van der Waals surface area (Å²) < 4.78 is 32.0. The molecule has 0 spiro atoms. The van der Waals surface area contributed by atoms with Gasteiger partial charge in [-0.15, -0.1) is 0 Å². The second-order valence-electron chi connectivity index (χ2n) is 6.40. The smallest absolute Gasteiger partial charge is 0.338 e. The van der Waals surface area contributed by atoms with Crippen LogP contribution in [0.3, 0.4) is 0 Å². The van der Waals surface area contributed by atoms with Crippen LogP contribution in [-0.2, 0) is 26.1 Å². The molecule has 2 aromatic rings. The molecule has 28 heavy (non-hydrogen) atoms. The van der Waals surface area contributed by atoms with Gasteiger partial charge in [0.1, 0.15) is 0 Å². The zero-order valence-corrected chi connectivity index (χ0v) is 16.4. The Morgan fingerprint density at radius 3 is 2.50 bits per heavy atom. The van der Waals surface area contributed by atoms with Crippen molar-refractivity contribution in [3.05, 3.63) is 64.7 Å². The van der Waals surface area contributed by atoms with Gasteiger partial charge in [-0.1, -0.05) is 29.8 Å². The van der Waals surface area contributed by atoms with Gasteiger partial charge in [-0.05, 0) is 48.7 Å². The highest BCUT2D eigenvalue weighted by Gasteiger charge is 2.28. The van der Waals surface area contributed by atoms with E-state index in [0.717, 1.165) is 18.4 Å². The Hall–Kier alpha value is -2.42. The van der Waals surface area contributed by atoms with Gasteiger partial charge in [0, 0.05) is 17.6 Å². The maximum Gasteiger partial charge on any atom is 0.338 e. The van der Waals surface area contributed by atoms with Gasteiger partial charge in [-0.25, -0.2) is 17.9 Å². The van der Waals surface area contributed by atoms with Crippen molar-refractivity contribution in [3.8, 4) is 0 Å². The molecule has 0 aliphatic heterocycles. The van der Waals surface area contributed by atoms with E-state index in [1.54, 1.807) is 24.3 Å². The van der Waals surface area contributed by atoms with Gasteiger partial charge in [0.05, 0.1) is 10.5 Å². The summed E-state index contributed by atoms with van der Waals surface area (Å²) in [6, 6.07) is 12.5. The molecule has 1 fully saturated rings. The van der Waals surface area contributed by atoms with E-state index in [9.17, 15) is 18.0 Å². The lowest BCUT2D eigenvalue weighted by Gasteiger charge is -2.09. The number of rotatable bonds is 8. The van der Waals surface area contributed by atoms with E-state index in [0.29, 0.717) is 5.02 Å². The minimum absolute atomic E-state index is 0.0129. The average Bonchev–Trinajstić information content (AvgIpc) is 3.49.